The van der Waals surface area contributed by atoms with Crippen LogP contribution in [-0.4, -0.2) is 42.1 Å². The molecule has 1 N–H and O–H groups in total. The second kappa shape index (κ2) is 5.99. The van der Waals surface area contributed by atoms with E-state index < -0.39 is 6.30 Å². The standard InChI is InChI=1S/C18H19BrF3N3O/c1-23-17(26)9-6-11-10-4-3-5-13-15(10)12(7-14(11)24(2)8-9)16(19)25(13)18(20,21)22/h3-5,9,11,14H,6-8H2,1-2H3,(H,23,26). The highest BCUT2D eigenvalue weighted by molar-refractivity contribution is 9.10. The Labute approximate surface area is 157 Å². The minimum absolute atomic E-state index is 0.0117. The minimum Gasteiger partial charge on any atom is -0.359 e. The third-order valence-corrected chi connectivity index (χ3v) is 6.66. The average Bonchev–Trinajstić information content (AvgIpc) is 2.88. The van der Waals surface area contributed by atoms with Gasteiger partial charge in [-0.15, -0.1) is 13.2 Å². The lowest BCUT2D eigenvalue weighted by Gasteiger charge is -2.45. The molecule has 2 heterocycles. The second-order valence-electron chi connectivity index (χ2n) is 7.18. The maximum atomic E-state index is 13.6. The number of amides is 1. The summed E-state index contributed by atoms with van der Waals surface area (Å²) in [5.41, 5.74) is 1.80. The van der Waals surface area contributed by atoms with Crippen LogP contribution in [0.15, 0.2) is 22.8 Å². The molecule has 26 heavy (non-hydrogen) atoms. The summed E-state index contributed by atoms with van der Waals surface area (Å²) in [6, 6.07) is 5.20. The fourth-order valence-electron chi connectivity index (χ4n) is 4.72. The Hall–Kier alpha value is -1.54. The quantitative estimate of drug-likeness (QED) is 0.751. The van der Waals surface area contributed by atoms with Crippen LogP contribution < -0.4 is 5.32 Å². The van der Waals surface area contributed by atoms with Crippen LogP contribution in [0.25, 0.3) is 10.9 Å². The van der Waals surface area contributed by atoms with Crippen LogP contribution in [-0.2, 0) is 17.5 Å². The topological polar surface area (TPSA) is 37.3 Å². The van der Waals surface area contributed by atoms with E-state index in [9.17, 15) is 18.0 Å². The zero-order valence-corrected chi connectivity index (χ0v) is 16.0. The number of halogens is 4. The molecule has 1 fully saturated rings. The molecule has 1 aliphatic carbocycles. The molecule has 1 aromatic heterocycles. The van der Waals surface area contributed by atoms with Gasteiger partial charge in [-0.25, -0.2) is 4.57 Å². The van der Waals surface area contributed by atoms with Crippen molar-refractivity contribution < 1.29 is 18.0 Å². The second-order valence-corrected chi connectivity index (χ2v) is 7.93. The Morgan fingerprint density at radius 2 is 2.08 bits per heavy atom. The molecule has 1 aromatic carbocycles. The summed E-state index contributed by atoms with van der Waals surface area (Å²) in [6.45, 7) is 0.615. The minimum atomic E-state index is -4.49. The van der Waals surface area contributed by atoms with Gasteiger partial charge in [0.25, 0.3) is 0 Å². The fraction of sp³-hybridized carbons (Fsp3) is 0.500. The van der Waals surface area contributed by atoms with Gasteiger partial charge < -0.3 is 10.2 Å². The summed E-state index contributed by atoms with van der Waals surface area (Å²) in [6.07, 6.45) is -3.29. The molecule has 140 valence electrons. The molecule has 1 saturated heterocycles. The predicted molar refractivity (Wildman–Crippen MR) is 96.0 cm³/mol. The third-order valence-electron chi connectivity index (χ3n) is 5.82. The van der Waals surface area contributed by atoms with E-state index in [1.807, 2.05) is 13.1 Å². The first-order valence-corrected chi connectivity index (χ1v) is 9.34. The van der Waals surface area contributed by atoms with Crippen LogP contribution in [0.4, 0.5) is 13.2 Å². The van der Waals surface area contributed by atoms with E-state index in [-0.39, 0.29) is 33.9 Å². The Bertz CT molecular complexity index is 892. The van der Waals surface area contributed by atoms with E-state index >= 15 is 0 Å². The first-order valence-electron chi connectivity index (χ1n) is 8.54. The van der Waals surface area contributed by atoms with Crippen molar-refractivity contribution in [3.63, 3.8) is 0 Å². The van der Waals surface area contributed by atoms with E-state index in [1.165, 1.54) is 6.07 Å². The van der Waals surface area contributed by atoms with Crippen LogP contribution in [0, 0.1) is 5.92 Å². The summed E-state index contributed by atoms with van der Waals surface area (Å²) in [5, 5.41) is 3.39. The highest BCUT2D eigenvalue weighted by atomic mass is 79.9. The molecule has 4 rings (SSSR count). The number of carbonyl (C=O) groups is 1. The molecule has 0 spiro atoms. The largest absolute Gasteiger partial charge is 0.489 e. The van der Waals surface area contributed by atoms with Gasteiger partial charge >= 0.3 is 6.30 Å². The summed E-state index contributed by atoms with van der Waals surface area (Å²) in [4.78, 5) is 14.3. The molecule has 0 saturated carbocycles. The van der Waals surface area contributed by atoms with E-state index in [2.05, 4.69) is 26.1 Å². The van der Waals surface area contributed by atoms with Gasteiger partial charge in [0.1, 0.15) is 0 Å². The van der Waals surface area contributed by atoms with Crippen LogP contribution in [0.3, 0.4) is 0 Å². The van der Waals surface area contributed by atoms with Gasteiger partial charge in [0.05, 0.1) is 16.0 Å². The average molecular weight is 430 g/mol. The van der Waals surface area contributed by atoms with Crippen molar-refractivity contribution in [1.82, 2.24) is 14.8 Å². The Morgan fingerprint density at radius 3 is 2.73 bits per heavy atom. The molecule has 2 aromatic rings. The number of alkyl halides is 3. The normalized spacial score (nSPS) is 26.0. The molecule has 8 heteroatoms. The van der Waals surface area contributed by atoms with Crippen LogP contribution in [0.5, 0.6) is 0 Å². The zero-order chi connectivity index (χ0) is 18.8. The van der Waals surface area contributed by atoms with Gasteiger partial charge in [-0.1, -0.05) is 12.1 Å². The summed E-state index contributed by atoms with van der Waals surface area (Å²) >= 11 is 3.20. The van der Waals surface area contributed by atoms with Crippen molar-refractivity contribution in [3.05, 3.63) is 33.9 Å². The Balaban J connectivity index is 1.90. The lowest BCUT2D eigenvalue weighted by Crippen LogP contribution is -2.51. The van der Waals surface area contributed by atoms with Crippen LogP contribution in [0.1, 0.15) is 23.5 Å². The number of hydrogen-bond donors (Lipinski definition) is 1. The van der Waals surface area contributed by atoms with E-state index in [0.717, 1.165) is 5.56 Å². The van der Waals surface area contributed by atoms with Crippen molar-refractivity contribution in [2.45, 2.75) is 31.1 Å². The molecule has 0 radical (unpaired) electrons. The number of likely N-dealkylation sites (tertiary alicyclic amines) is 1. The lowest BCUT2D eigenvalue weighted by atomic mass is 9.72. The lowest BCUT2D eigenvalue weighted by molar-refractivity contribution is -0.202. The summed E-state index contributed by atoms with van der Waals surface area (Å²) in [7, 11) is 3.57. The van der Waals surface area contributed by atoms with Gasteiger partial charge in [-0.2, -0.15) is 0 Å². The number of carbonyl (C=O) groups excluding carboxylic acids is 1. The highest BCUT2D eigenvalue weighted by Gasteiger charge is 2.44. The highest BCUT2D eigenvalue weighted by Crippen LogP contribution is 2.49. The maximum absolute atomic E-state index is 13.6. The van der Waals surface area contributed by atoms with Gasteiger partial charge in [0, 0.05) is 30.9 Å². The summed E-state index contributed by atoms with van der Waals surface area (Å²) in [5.74, 6) is -0.123. The number of nitrogens with zero attached hydrogens (tertiary/aromatic N) is 2. The predicted octanol–water partition coefficient (Wildman–Crippen LogP) is 3.59. The van der Waals surface area contributed by atoms with Gasteiger partial charge in [0.2, 0.25) is 5.91 Å². The van der Waals surface area contributed by atoms with E-state index in [4.69, 9.17) is 0 Å². The van der Waals surface area contributed by atoms with Crippen LogP contribution >= 0.6 is 15.9 Å². The van der Waals surface area contributed by atoms with Gasteiger partial charge in [-0.3, -0.25) is 4.79 Å². The molecule has 0 bridgehead atoms. The molecule has 3 unspecified atom stereocenters. The number of rotatable bonds is 1. The fourth-order valence-corrected chi connectivity index (χ4v) is 5.48. The molecule has 1 amide bonds. The monoisotopic (exact) mass is 429 g/mol. The van der Waals surface area contributed by atoms with Crippen molar-refractivity contribution in [2.24, 2.45) is 5.92 Å². The van der Waals surface area contributed by atoms with Crippen molar-refractivity contribution in [1.29, 1.82) is 0 Å². The number of piperidine rings is 1. The number of likely N-dealkylation sites (N-methyl/N-ethyl adjacent to an activating group) is 1. The SMILES string of the molecule is CNC(=O)C1CC2c3cccc4c3c(c(Br)n4C(F)(F)F)CC2N(C)C1. The molecular formula is C18H19BrF3N3O. The third kappa shape index (κ3) is 2.49. The smallest absolute Gasteiger partial charge is 0.359 e. The Morgan fingerprint density at radius 1 is 1.35 bits per heavy atom. The Kier molecular flexibility index (Phi) is 4.11. The first kappa shape index (κ1) is 17.9. The number of nitrogens with one attached hydrogen (secondary N) is 1. The summed E-state index contributed by atoms with van der Waals surface area (Å²) < 4.78 is 41.3. The van der Waals surface area contributed by atoms with Gasteiger partial charge in [-0.05, 0) is 53.0 Å². The molecule has 2 aliphatic rings. The number of aromatic nitrogens is 1. The molecule has 3 atom stereocenters. The molecule has 4 nitrogen and oxygen atoms in total. The van der Waals surface area contributed by atoms with Crippen molar-refractivity contribution in [3.8, 4) is 0 Å². The number of hydrogen-bond acceptors (Lipinski definition) is 2. The number of benzene rings is 1. The first-order chi connectivity index (χ1) is 12.2. The van der Waals surface area contributed by atoms with E-state index in [0.29, 0.717) is 34.9 Å². The van der Waals surface area contributed by atoms with Crippen molar-refractivity contribution >= 4 is 32.7 Å². The molecular weight excluding hydrogens is 411 g/mol. The van der Waals surface area contributed by atoms with E-state index in [1.54, 1.807) is 13.1 Å². The van der Waals surface area contributed by atoms with Crippen molar-refractivity contribution in [2.75, 3.05) is 20.6 Å². The maximum Gasteiger partial charge on any atom is 0.489 e. The van der Waals surface area contributed by atoms with Gasteiger partial charge in [0.15, 0.2) is 0 Å². The number of fused-ring (bicyclic) bond motifs is 2. The zero-order valence-electron chi connectivity index (χ0n) is 14.4. The van der Waals surface area contributed by atoms with Crippen LogP contribution in [0.2, 0.25) is 0 Å². The molecule has 1 aliphatic heterocycles.